The third-order valence-corrected chi connectivity index (χ3v) is 3.62. The second-order valence-corrected chi connectivity index (χ2v) is 5.49. The Labute approximate surface area is 127 Å². The number of anilines is 1. The number of nitrogens with two attached hydrogens (primary N) is 1. The zero-order valence-electron chi connectivity index (χ0n) is 12.5. The van der Waals surface area contributed by atoms with Crippen molar-refractivity contribution in [2.24, 2.45) is 7.05 Å². The molecule has 0 radical (unpaired) electrons. The number of carbonyl (C=O) groups excluding carboxylic acids is 2. The lowest BCUT2D eigenvalue weighted by atomic mass is 10.1. The smallest absolute Gasteiger partial charge is 0.264 e. The normalized spacial score (nSPS) is 14.0. The maximum absolute atomic E-state index is 12.4. The third-order valence-electron chi connectivity index (χ3n) is 3.62. The Bertz CT molecular complexity index is 752. The number of hydrogen-bond acceptors (Lipinski definition) is 5. The van der Waals surface area contributed by atoms with Crippen LogP contribution in [0.15, 0.2) is 30.6 Å². The summed E-state index contributed by atoms with van der Waals surface area (Å²) in [5.41, 5.74) is 7.86. The maximum atomic E-state index is 12.4. The third kappa shape index (κ3) is 2.35. The topological polar surface area (TPSA) is 84.5 Å². The minimum absolute atomic E-state index is 0.209. The fourth-order valence-electron chi connectivity index (χ4n) is 2.64. The van der Waals surface area contributed by atoms with Crippen molar-refractivity contribution in [1.29, 1.82) is 0 Å². The summed E-state index contributed by atoms with van der Waals surface area (Å²) in [5, 5.41) is 4.10. The van der Waals surface area contributed by atoms with Crippen LogP contribution in [0.2, 0.25) is 0 Å². The molecule has 114 valence electrons. The number of aryl methyl sites for hydroxylation is 1. The lowest BCUT2D eigenvalue weighted by molar-refractivity contribution is 0.0559. The molecule has 2 aromatic rings. The molecule has 0 aliphatic carbocycles. The van der Waals surface area contributed by atoms with Crippen LogP contribution in [-0.2, 0) is 13.6 Å². The molecule has 1 aliphatic rings. The van der Waals surface area contributed by atoms with E-state index in [1.54, 1.807) is 29.1 Å². The van der Waals surface area contributed by atoms with Gasteiger partial charge in [0, 0.05) is 31.0 Å². The van der Waals surface area contributed by atoms with Crippen LogP contribution in [0.4, 0.5) is 5.69 Å². The molecule has 0 fully saturated rings. The fourth-order valence-corrected chi connectivity index (χ4v) is 2.64. The molecule has 1 aliphatic heterocycles. The Balaban J connectivity index is 1.75. The van der Waals surface area contributed by atoms with Crippen LogP contribution in [0.1, 0.15) is 26.3 Å². The molecular weight excluding hydrogens is 282 g/mol. The summed E-state index contributed by atoms with van der Waals surface area (Å²) in [6.07, 6.45) is 3.66. The minimum atomic E-state index is -0.337. The van der Waals surface area contributed by atoms with Crippen molar-refractivity contribution in [2.45, 2.75) is 6.54 Å². The van der Waals surface area contributed by atoms with Gasteiger partial charge in [-0.3, -0.25) is 24.1 Å². The van der Waals surface area contributed by atoms with Crippen LogP contribution in [0, 0.1) is 0 Å². The van der Waals surface area contributed by atoms with Gasteiger partial charge in [0.05, 0.1) is 24.0 Å². The molecule has 7 nitrogen and oxygen atoms in total. The van der Waals surface area contributed by atoms with E-state index in [4.69, 9.17) is 5.73 Å². The Morgan fingerprint density at radius 1 is 1.27 bits per heavy atom. The van der Waals surface area contributed by atoms with Gasteiger partial charge in [-0.1, -0.05) is 6.07 Å². The van der Waals surface area contributed by atoms with Gasteiger partial charge in [-0.25, -0.2) is 0 Å². The number of nitrogen functional groups attached to an aromatic ring is 1. The molecule has 22 heavy (non-hydrogen) atoms. The first-order valence-electron chi connectivity index (χ1n) is 6.88. The van der Waals surface area contributed by atoms with Crippen LogP contribution in [0.5, 0.6) is 0 Å². The number of aromatic nitrogens is 2. The Morgan fingerprint density at radius 3 is 2.68 bits per heavy atom. The summed E-state index contributed by atoms with van der Waals surface area (Å²) in [5.74, 6) is -0.638. The van der Waals surface area contributed by atoms with Crippen molar-refractivity contribution >= 4 is 17.5 Å². The molecule has 2 heterocycles. The predicted molar refractivity (Wildman–Crippen MR) is 80.9 cm³/mol. The van der Waals surface area contributed by atoms with Gasteiger partial charge in [-0.2, -0.15) is 5.10 Å². The maximum Gasteiger partial charge on any atom is 0.264 e. The molecule has 0 saturated carbocycles. The monoisotopic (exact) mass is 299 g/mol. The molecule has 7 heteroatoms. The number of fused-ring (bicyclic) bond motifs is 1. The highest BCUT2D eigenvalue weighted by atomic mass is 16.2. The SMILES string of the molecule is CN(Cc1cnn(C)c1)CN1C(=O)c2cccc(N)c2C1=O. The molecular formula is C15H17N5O2. The number of rotatable bonds is 4. The van der Waals surface area contributed by atoms with Crippen LogP contribution < -0.4 is 5.73 Å². The van der Waals surface area contributed by atoms with Gasteiger partial charge < -0.3 is 5.73 Å². The molecule has 0 atom stereocenters. The van der Waals surface area contributed by atoms with Crippen LogP contribution >= 0.6 is 0 Å². The molecule has 2 amide bonds. The van der Waals surface area contributed by atoms with Gasteiger partial charge in [-0.15, -0.1) is 0 Å². The van der Waals surface area contributed by atoms with Crippen molar-refractivity contribution in [1.82, 2.24) is 19.6 Å². The summed E-state index contributed by atoms with van der Waals surface area (Å²) in [7, 11) is 3.69. The standard InChI is InChI=1S/C15H17N5O2/c1-18(7-10-6-17-19(2)8-10)9-20-14(21)11-4-3-5-12(16)13(11)15(20)22/h3-6,8H,7,9,16H2,1-2H3. The zero-order valence-corrected chi connectivity index (χ0v) is 12.5. The summed E-state index contributed by atoms with van der Waals surface area (Å²) in [4.78, 5) is 27.9. The van der Waals surface area contributed by atoms with Gasteiger partial charge in [0.25, 0.3) is 11.8 Å². The summed E-state index contributed by atoms with van der Waals surface area (Å²) >= 11 is 0. The molecule has 3 rings (SSSR count). The Kier molecular flexibility index (Phi) is 3.42. The van der Waals surface area contributed by atoms with E-state index in [1.807, 2.05) is 25.2 Å². The number of imide groups is 1. The van der Waals surface area contributed by atoms with Crippen LogP contribution in [0.25, 0.3) is 0 Å². The molecule has 2 N–H and O–H groups in total. The Hall–Kier alpha value is -2.67. The Morgan fingerprint density at radius 2 is 2.05 bits per heavy atom. The first-order valence-corrected chi connectivity index (χ1v) is 6.88. The number of nitrogens with zero attached hydrogens (tertiary/aromatic N) is 4. The van der Waals surface area contributed by atoms with Crippen molar-refractivity contribution in [3.05, 3.63) is 47.3 Å². The van der Waals surface area contributed by atoms with Gasteiger partial charge >= 0.3 is 0 Å². The number of hydrogen-bond donors (Lipinski definition) is 1. The van der Waals surface area contributed by atoms with Crippen molar-refractivity contribution in [2.75, 3.05) is 19.5 Å². The van der Waals surface area contributed by atoms with Gasteiger partial charge in [0.15, 0.2) is 0 Å². The van der Waals surface area contributed by atoms with Crippen LogP contribution in [-0.4, -0.2) is 45.1 Å². The summed E-state index contributed by atoms with van der Waals surface area (Å²) in [6, 6.07) is 4.95. The number of amides is 2. The predicted octanol–water partition coefficient (Wildman–Crippen LogP) is 0.688. The zero-order chi connectivity index (χ0) is 15.9. The van der Waals surface area contributed by atoms with E-state index < -0.39 is 0 Å². The van der Waals surface area contributed by atoms with Crippen molar-refractivity contribution in [3.63, 3.8) is 0 Å². The van der Waals surface area contributed by atoms with Crippen molar-refractivity contribution < 1.29 is 9.59 Å². The number of benzene rings is 1. The van der Waals surface area contributed by atoms with Gasteiger partial charge in [0.2, 0.25) is 0 Å². The highest BCUT2D eigenvalue weighted by Crippen LogP contribution is 2.27. The highest BCUT2D eigenvalue weighted by molar-refractivity contribution is 6.23. The average molecular weight is 299 g/mol. The molecule has 1 aromatic heterocycles. The number of carbonyl (C=O) groups is 2. The van der Waals surface area contributed by atoms with Crippen molar-refractivity contribution in [3.8, 4) is 0 Å². The van der Waals surface area contributed by atoms with E-state index >= 15 is 0 Å². The molecule has 0 spiro atoms. The largest absolute Gasteiger partial charge is 0.398 e. The lowest BCUT2D eigenvalue weighted by Crippen LogP contribution is -2.39. The van der Waals surface area contributed by atoms with E-state index in [0.29, 0.717) is 23.4 Å². The van der Waals surface area contributed by atoms with Gasteiger partial charge in [0.1, 0.15) is 0 Å². The minimum Gasteiger partial charge on any atom is -0.398 e. The quantitative estimate of drug-likeness (QED) is 0.663. The highest BCUT2D eigenvalue weighted by Gasteiger charge is 2.37. The lowest BCUT2D eigenvalue weighted by Gasteiger charge is -2.22. The molecule has 0 unspecified atom stereocenters. The van der Waals surface area contributed by atoms with Crippen LogP contribution in [0.3, 0.4) is 0 Å². The van der Waals surface area contributed by atoms with E-state index in [-0.39, 0.29) is 18.5 Å². The first-order chi connectivity index (χ1) is 10.5. The van der Waals surface area contributed by atoms with E-state index in [0.717, 1.165) is 5.56 Å². The van der Waals surface area contributed by atoms with E-state index in [2.05, 4.69) is 5.10 Å². The molecule has 0 bridgehead atoms. The second kappa shape index (κ2) is 5.27. The fraction of sp³-hybridized carbons (Fsp3) is 0.267. The average Bonchev–Trinajstić information content (AvgIpc) is 2.97. The molecule has 1 aromatic carbocycles. The molecule has 0 saturated heterocycles. The summed E-state index contributed by atoms with van der Waals surface area (Å²) in [6.45, 7) is 0.803. The summed E-state index contributed by atoms with van der Waals surface area (Å²) < 4.78 is 1.71. The van der Waals surface area contributed by atoms with E-state index in [1.165, 1.54) is 4.90 Å². The first kappa shape index (κ1) is 14.3. The van der Waals surface area contributed by atoms with E-state index in [9.17, 15) is 9.59 Å². The van der Waals surface area contributed by atoms with Gasteiger partial charge in [-0.05, 0) is 19.2 Å². The second-order valence-electron chi connectivity index (χ2n) is 5.49.